The molecule has 2 saturated heterocycles. The molecule has 0 bridgehead atoms. The summed E-state index contributed by atoms with van der Waals surface area (Å²) < 4.78 is 0. The third-order valence-corrected chi connectivity index (χ3v) is 5.76. The van der Waals surface area contributed by atoms with Gasteiger partial charge in [0.05, 0.1) is 16.0 Å². The average molecular weight is 350 g/mol. The van der Waals surface area contributed by atoms with Crippen LogP contribution >= 0.6 is 11.6 Å². The zero-order valence-corrected chi connectivity index (χ0v) is 15.1. The number of nitrogens with zero attached hydrogens (tertiary/aromatic N) is 1. The van der Waals surface area contributed by atoms with E-state index in [1.54, 1.807) is 12.1 Å². The summed E-state index contributed by atoms with van der Waals surface area (Å²) in [6.45, 7) is 5.40. The number of β-lactam (4-membered cyclic amide) rings is 1. The Morgan fingerprint density at radius 3 is 2.54 bits per heavy atom. The van der Waals surface area contributed by atoms with E-state index in [2.05, 4.69) is 10.6 Å². The van der Waals surface area contributed by atoms with Gasteiger partial charge in [-0.3, -0.25) is 9.59 Å². The Bertz CT molecular complexity index is 666. The van der Waals surface area contributed by atoms with Crippen molar-refractivity contribution in [3.8, 4) is 0 Å². The molecule has 0 spiro atoms. The summed E-state index contributed by atoms with van der Waals surface area (Å²) >= 11 is 6.21. The van der Waals surface area contributed by atoms with E-state index >= 15 is 0 Å². The number of amides is 2. The van der Waals surface area contributed by atoms with Crippen LogP contribution in [0, 0.1) is 11.3 Å². The predicted molar refractivity (Wildman–Crippen MR) is 95.3 cm³/mol. The van der Waals surface area contributed by atoms with E-state index in [1.165, 1.54) is 0 Å². The summed E-state index contributed by atoms with van der Waals surface area (Å²) in [5.41, 5.74) is 1.12. The van der Waals surface area contributed by atoms with Gasteiger partial charge >= 0.3 is 0 Å². The Kier molecular flexibility index (Phi) is 4.47. The van der Waals surface area contributed by atoms with E-state index in [1.807, 2.05) is 31.9 Å². The Hall–Kier alpha value is -1.75. The van der Waals surface area contributed by atoms with Gasteiger partial charge in [-0.15, -0.1) is 0 Å². The van der Waals surface area contributed by atoms with Crippen LogP contribution in [0.15, 0.2) is 18.2 Å². The number of benzene rings is 1. The summed E-state index contributed by atoms with van der Waals surface area (Å²) in [6.07, 6.45) is 1.81. The molecule has 130 valence electrons. The van der Waals surface area contributed by atoms with E-state index in [4.69, 9.17) is 11.6 Å². The second kappa shape index (κ2) is 6.28. The molecule has 2 aliphatic rings. The van der Waals surface area contributed by atoms with Gasteiger partial charge in [0, 0.05) is 31.9 Å². The standard InChI is InChI=1S/C18H24ClN3O2/c1-18(2)15(21-17(18)24)11-6-8-22(9-7-11)16(23)13-10-12(20-3)4-5-14(13)19/h4-5,10-11,15,20H,6-9H2,1-3H3,(H,21,24). The van der Waals surface area contributed by atoms with Crippen molar-refractivity contribution in [2.24, 2.45) is 11.3 Å². The molecule has 0 saturated carbocycles. The van der Waals surface area contributed by atoms with Gasteiger partial charge in [-0.2, -0.15) is 0 Å². The number of likely N-dealkylation sites (tertiary alicyclic amines) is 1. The number of carbonyl (C=O) groups excluding carboxylic acids is 2. The maximum absolute atomic E-state index is 12.8. The van der Waals surface area contributed by atoms with Crippen molar-refractivity contribution in [3.63, 3.8) is 0 Å². The normalized spacial score (nSPS) is 23.4. The lowest BCUT2D eigenvalue weighted by atomic mass is 9.68. The molecule has 2 amide bonds. The first-order chi connectivity index (χ1) is 11.3. The molecule has 6 heteroatoms. The minimum atomic E-state index is -0.290. The van der Waals surface area contributed by atoms with Crippen molar-refractivity contribution in [1.82, 2.24) is 10.2 Å². The molecular weight excluding hydrogens is 326 g/mol. The fraction of sp³-hybridized carbons (Fsp3) is 0.556. The van der Waals surface area contributed by atoms with Crippen LogP contribution in [0.2, 0.25) is 5.02 Å². The summed E-state index contributed by atoms with van der Waals surface area (Å²) in [5.74, 6) is 0.537. The van der Waals surface area contributed by atoms with Crippen LogP contribution in [0.4, 0.5) is 5.69 Å². The molecule has 1 aromatic carbocycles. The monoisotopic (exact) mass is 349 g/mol. The van der Waals surface area contributed by atoms with E-state index in [0.29, 0.717) is 29.6 Å². The SMILES string of the molecule is CNc1ccc(Cl)c(C(=O)N2CCC(C3NC(=O)C3(C)C)CC2)c1. The molecule has 2 aliphatic heterocycles. The first kappa shape index (κ1) is 17.1. The molecule has 0 radical (unpaired) electrons. The number of piperidine rings is 1. The number of carbonyl (C=O) groups is 2. The van der Waals surface area contributed by atoms with Crippen molar-refractivity contribution in [2.45, 2.75) is 32.7 Å². The molecule has 1 aromatic rings. The Balaban J connectivity index is 1.65. The third-order valence-electron chi connectivity index (χ3n) is 5.43. The zero-order chi connectivity index (χ0) is 17.5. The number of hydrogen-bond acceptors (Lipinski definition) is 3. The fourth-order valence-corrected chi connectivity index (χ4v) is 3.93. The van der Waals surface area contributed by atoms with Crippen LogP contribution in [0.3, 0.4) is 0 Å². The van der Waals surface area contributed by atoms with Crippen LogP contribution in [-0.2, 0) is 4.79 Å². The zero-order valence-electron chi connectivity index (χ0n) is 14.4. The fourth-order valence-electron chi connectivity index (χ4n) is 3.73. The van der Waals surface area contributed by atoms with Gasteiger partial charge in [0.15, 0.2) is 0 Å². The van der Waals surface area contributed by atoms with Crippen molar-refractivity contribution >= 4 is 29.1 Å². The lowest BCUT2D eigenvalue weighted by Crippen LogP contribution is -2.68. The molecule has 1 atom stereocenters. The highest BCUT2D eigenvalue weighted by Gasteiger charge is 2.51. The molecule has 2 N–H and O–H groups in total. The molecule has 2 fully saturated rings. The minimum Gasteiger partial charge on any atom is -0.388 e. The van der Waals surface area contributed by atoms with Crippen LogP contribution in [0.1, 0.15) is 37.0 Å². The van der Waals surface area contributed by atoms with Crippen LogP contribution in [-0.4, -0.2) is 42.9 Å². The number of hydrogen-bond donors (Lipinski definition) is 2. The van der Waals surface area contributed by atoms with Gasteiger partial charge in [0.2, 0.25) is 5.91 Å². The summed E-state index contributed by atoms with van der Waals surface area (Å²) in [5, 5.41) is 6.54. The maximum Gasteiger partial charge on any atom is 0.255 e. The lowest BCUT2D eigenvalue weighted by Gasteiger charge is -2.50. The highest BCUT2D eigenvalue weighted by Crippen LogP contribution is 2.38. The molecule has 24 heavy (non-hydrogen) atoms. The van der Waals surface area contributed by atoms with E-state index in [9.17, 15) is 9.59 Å². The van der Waals surface area contributed by atoms with E-state index in [0.717, 1.165) is 18.5 Å². The molecule has 1 unspecified atom stereocenters. The van der Waals surface area contributed by atoms with E-state index in [-0.39, 0.29) is 23.3 Å². The van der Waals surface area contributed by atoms with Gasteiger partial charge in [-0.25, -0.2) is 0 Å². The first-order valence-corrected chi connectivity index (χ1v) is 8.80. The maximum atomic E-state index is 12.8. The highest BCUT2D eigenvalue weighted by molar-refractivity contribution is 6.34. The predicted octanol–water partition coefficient (Wildman–Crippen LogP) is 2.76. The van der Waals surface area contributed by atoms with Gasteiger partial charge in [-0.1, -0.05) is 11.6 Å². The van der Waals surface area contributed by atoms with Crippen molar-refractivity contribution in [3.05, 3.63) is 28.8 Å². The Labute approximate surface area is 147 Å². The first-order valence-electron chi connectivity index (χ1n) is 8.42. The number of nitrogens with one attached hydrogen (secondary N) is 2. The second-order valence-electron chi connectivity index (χ2n) is 7.25. The Morgan fingerprint density at radius 1 is 1.33 bits per heavy atom. The lowest BCUT2D eigenvalue weighted by molar-refractivity contribution is -0.146. The van der Waals surface area contributed by atoms with Gasteiger partial charge in [0.25, 0.3) is 5.91 Å². The van der Waals surface area contributed by atoms with Crippen LogP contribution in [0.5, 0.6) is 0 Å². The molecular formula is C18H24ClN3O2. The minimum absolute atomic E-state index is 0.0209. The summed E-state index contributed by atoms with van der Waals surface area (Å²) in [4.78, 5) is 26.3. The van der Waals surface area contributed by atoms with Gasteiger partial charge < -0.3 is 15.5 Å². The summed E-state index contributed by atoms with van der Waals surface area (Å²) in [7, 11) is 1.82. The summed E-state index contributed by atoms with van der Waals surface area (Å²) in [6, 6.07) is 5.62. The van der Waals surface area contributed by atoms with E-state index < -0.39 is 0 Å². The quantitative estimate of drug-likeness (QED) is 0.825. The smallest absolute Gasteiger partial charge is 0.255 e. The van der Waals surface area contributed by atoms with Crippen LogP contribution in [0.25, 0.3) is 0 Å². The largest absolute Gasteiger partial charge is 0.388 e. The second-order valence-corrected chi connectivity index (χ2v) is 7.65. The molecule has 3 rings (SSSR count). The van der Waals surface area contributed by atoms with Gasteiger partial charge in [-0.05, 0) is 50.8 Å². The van der Waals surface area contributed by atoms with Crippen molar-refractivity contribution < 1.29 is 9.59 Å². The van der Waals surface area contributed by atoms with Crippen LogP contribution < -0.4 is 10.6 Å². The average Bonchev–Trinajstić information content (AvgIpc) is 2.59. The molecule has 5 nitrogen and oxygen atoms in total. The molecule has 0 aliphatic carbocycles. The highest BCUT2D eigenvalue weighted by atomic mass is 35.5. The topological polar surface area (TPSA) is 61.4 Å². The van der Waals surface area contributed by atoms with Crippen molar-refractivity contribution in [2.75, 3.05) is 25.5 Å². The number of rotatable bonds is 3. The number of anilines is 1. The van der Waals surface area contributed by atoms with Gasteiger partial charge in [0.1, 0.15) is 0 Å². The third kappa shape index (κ3) is 2.86. The molecule has 0 aromatic heterocycles. The molecule has 2 heterocycles. The Morgan fingerprint density at radius 2 is 2.00 bits per heavy atom. The number of halogens is 1. The van der Waals surface area contributed by atoms with Crippen molar-refractivity contribution in [1.29, 1.82) is 0 Å².